The van der Waals surface area contributed by atoms with E-state index in [0.717, 1.165) is 30.8 Å². The first-order valence-electron chi connectivity index (χ1n) is 6.30. The lowest BCUT2D eigenvalue weighted by molar-refractivity contribution is 0.142. The van der Waals surface area contributed by atoms with Crippen LogP contribution in [0.1, 0.15) is 37.8 Å². The Kier molecular flexibility index (Phi) is 3.89. The first-order valence-corrected chi connectivity index (χ1v) is 6.30. The summed E-state index contributed by atoms with van der Waals surface area (Å²) < 4.78 is 11.3. The molecule has 0 fully saturated rings. The summed E-state index contributed by atoms with van der Waals surface area (Å²) in [5.41, 5.74) is 1.21. The molecule has 0 saturated carbocycles. The minimum atomic E-state index is 0.332. The van der Waals surface area contributed by atoms with Crippen LogP contribution in [0.15, 0.2) is 18.2 Å². The Bertz CT molecular complexity index is 378. The fourth-order valence-electron chi connectivity index (χ4n) is 2.42. The van der Waals surface area contributed by atoms with Crippen LogP contribution in [-0.2, 0) is 0 Å². The van der Waals surface area contributed by atoms with E-state index >= 15 is 0 Å². The first-order chi connectivity index (χ1) is 8.28. The lowest BCUT2D eigenvalue weighted by Gasteiger charge is -2.32. The maximum atomic E-state index is 6.01. The molecule has 1 aromatic rings. The van der Waals surface area contributed by atoms with Crippen molar-refractivity contribution in [2.24, 2.45) is 0 Å². The van der Waals surface area contributed by atoms with E-state index in [2.05, 4.69) is 18.3 Å². The van der Waals surface area contributed by atoms with Crippen molar-refractivity contribution in [3.63, 3.8) is 0 Å². The molecule has 1 aliphatic heterocycles. The molecule has 0 aliphatic carbocycles. The number of rotatable bonds is 4. The van der Waals surface area contributed by atoms with Gasteiger partial charge in [-0.15, -0.1) is 0 Å². The monoisotopic (exact) mass is 235 g/mol. The van der Waals surface area contributed by atoms with E-state index in [9.17, 15) is 0 Å². The predicted molar refractivity (Wildman–Crippen MR) is 68.7 cm³/mol. The van der Waals surface area contributed by atoms with E-state index in [0.29, 0.717) is 12.1 Å². The number of methoxy groups -OCH3 is 1. The van der Waals surface area contributed by atoms with Gasteiger partial charge in [-0.1, -0.05) is 13.3 Å². The van der Waals surface area contributed by atoms with Gasteiger partial charge in [0, 0.05) is 18.0 Å². The van der Waals surface area contributed by atoms with Crippen LogP contribution in [0, 0.1) is 0 Å². The summed E-state index contributed by atoms with van der Waals surface area (Å²) in [5, 5.41) is 3.36. The second kappa shape index (κ2) is 5.41. The number of fused-ring (bicyclic) bond motifs is 1. The molecular weight excluding hydrogens is 214 g/mol. The van der Waals surface area contributed by atoms with Crippen molar-refractivity contribution in [2.75, 3.05) is 14.2 Å². The zero-order valence-corrected chi connectivity index (χ0v) is 10.8. The van der Waals surface area contributed by atoms with Crippen LogP contribution in [0.25, 0.3) is 0 Å². The molecule has 0 radical (unpaired) electrons. The van der Waals surface area contributed by atoms with Crippen LogP contribution < -0.4 is 14.8 Å². The number of ether oxygens (including phenoxy) is 2. The molecule has 17 heavy (non-hydrogen) atoms. The summed E-state index contributed by atoms with van der Waals surface area (Å²) in [6.07, 6.45) is 3.64. The number of benzene rings is 1. The van der Waals surface area contributed by atoms with Crippen LogP contribution in [0.5, 0.6) is 11.5 Å². The van der Waals surface area contributed by atoms with E-state index in [-0.39, 0.29) is 0 Å². The van der Waals surface area contributed by atoms with Gasteiger partial charge in [0.05, 0.1) is 7.11 Å². The summed E-state index contributed by atoms with van der Waals surface area (Å²) in [7, 11) is 3.70. The van der Waals surface area contributed by atoms with Crippen LogP contribution in [0.2, 0.25) is 0 Å². The maximum absolute atomic E-state index is 6.01. The van der Waals surface area contributed by atoms with Crippen molar-refractivity contribution in [3.8, 4) is 11.5 Å². The highest BCUT2D eigenvalue weighted by Gasteiger charge is 2.27. The molecule has 94 valence electrons. The lowest BCUT2D eigenvalue weighted by atomic mass is 9.94. The van der Waals surface area contributed by atoms with Gasteiger partial charge in [-0.25, -0.2) is 0 Å². The lowest BCUT2D eigenvalue weighted by Crippen LogP contribution is -2.31. The normalized spacial score (nSPS) is 22.8. The molecule has 0 bridgehead atoms. The molecule has 2 unspecified atom stereocenters. The molecule has 3 nitrogen and oxygen atoms in total. The van der Waals surface area contributed by atoms with E-state index < -0.39 is 0 Å². The molecular formula is C14H21NO2. The minimum absolute atomic E-state index is 0.332. The van der Waals surface area contributed by atoms with Crippen LogP contribution in [-0.4, -0.2) is 20.3 Å². The SMILES string of the molecule is CCCC1CC(NC)c2cc(OC)ccc2O1. The van der Waals surface area contributed by atoms with Gasteiger partial charge < -0.3 is 14.8 Å². The average molecular weight is 235 g/mol. The molecule has 2 rings (SSSR count). The number of nitrogens with one attached hydrogen (secondary N) is 1. The molecule has 0 amide bonds. The van der Waals surface area contributed by atoms with E-state index in [1.165, 1.54) is 5.56 Å². The molecule has 1 N–H and O–H groups in total. The third-order valence-corrected chi connectivity index (χ3v) is 3.34. The molecule has 0 aromatic heterocycles. The second-order valence-corrected chi connectivity index (χ2v) is 4.51. The van der Waals surface area contributed by atoms with E-state index in [4.69, 9.17) is 9.47 Å². The standard InChI is InChI=1S/C14H21NO2/c1-4-5-11-9-13(15-2)12-8-10(16-3)6-7-14(12)17-11/h6-8,11,13,15H,4-5,9H2,1-3H3. The third-order valence-electron chi connectivity index (χ3n) is 3.34. The molecule has 1 heterocycles. The van der Waals surface area contributed by atoms with Gasteiger partial charge in [-0.3, -0.25) is 0 Å². The summed E-state index contributed by atoms with van der Waals surface area (Å²) in [6, 6.07) is 6.41. The largest absolute Gasteiger partial charge is 0.497 e. The Balaban J connectivity index is 2.27. The first kappa shape index (κ1) is 12.2. The Morgan fingerprint density at radius 1 is 1.47 bits per heavy atom. The highest BCUT2D eigenvalue weighted by atomic mass is 16.5. The predicted octanol–water partition coefficient (Wildman–Crippen LogP) is 2.91. The maximum Gasteiger partial charge on any atom is 0.124 e. The van der Waals surface area contributed by atoms with Gasteiger partial charge in [0.25, 0.3) is 0 Å². The molecule has 2 atom stereocenters. The fourth-order valence-corrected chi connectivity index (χ4v) is 2.42. The molecule has 1 aromatic carbocycles. The summed E-state index contributed by atoms with van der Waals surface area (Å²) >= 11 is 0. The van der Waals surface area contributed by atoms with Crippen LogP contribution in [0.3, 0.4) is 0 Å². The van der Waals surface area contributed by atoms with Crippen molar-refractivity contribution in [1.29, 1.82) is 0 Å². The Morgan fingerprint density at radius 3 is 2.94 bits per heavy atom. The summed E-state index contributed by atoms with van der Waals surface area (Å²) in [6.45, 7) is 2.20. The minimum Gasteiger partial charge on any atom is -0.497 e. The quantitative estimate of drug-likeness (QED) is 0.870. The van der Waals surface area contributed by atoms with Crippen molar-refractivity contribution in [1.82, 2.24) is 5.32 Å². The van der Waals surface area contributed by atoms with Gasteiger partial charge in [-0.2, -0.15) is 0 Å². The van der Waals surface area contributed by atoms with Crippen molar-refractivity contribution < 1.29 is 9.47 Å². The van der Waals surface area contributed by atoms with Gasteiger partial charge in [0.2, 0.25) is 0 Å². The Labute approximate surface area is 103 Å². The second-order valence-electron chi connectivity index (χ2n) is 4.51. The zero-order valence-electron chi connectivity index (χ0n) is 10.8. The average Bonchev–Trinajstić information content (AvgIpc) is 2.37. The highest BCUT2D eigenvalue weighted by Crippen LogP contribution is 2.37. The Hall–Kier alpha value is -1.22. The van der Waals surface area contributed by atoms with Crippen LogP contribution >= 0.6 is 0 Å². The molecule has 0 saturated heterocycles. The van der Waals surface area contributed by atoms with Crippen molar-refractivity contribution >= 4 is 0 Å². The van der Waals surface area contributed by atoms with Crippen molar-refractivity contribution in [3.05, 3.63) is 23.8 Å². The summed E-state index contributed by atoms with van der Waals surface area (Å²) in [4.78, 5) is 0. The van der Waals surface area contributed by atoms with Gasteiger partial charge in [0.15, 0.2) is 0 Å². The van der Waals surface area contributed by atoms with Crippen LogP contribution in [0.4, 0.5) is 0 Å². The van der Waals surface area contributed by atoms with Crippen molar-refractivity contribution in [2.45, 2.75) is 38.3 Å². The van der Waals surface area contributed by atoms with Gasteiger partial charge in [-0.05, 0) is 31.7 Å². The highest BCUT2D eigenvalue weighted by molar-refractivity contribution is 5.43. The fraction of sp³-hybridized carbons (Fsp3) is 0.571. The van der Waals surface area contributed by atoms with Gasteiger partial charge >= 0.3 is 0 Å². The van der Waals surface area contributed by atoms with E-state index in [1.807, 2.05) is 19.2 Å². The third kappa shape index (κ3) is 2.55. The zero-order chi connectivity index (χ0) is 12.3. The molecule has 0 spiro atoms. The molecule has 3 heteroatoms. The van der Waals surface area contributed by atoms with Gasteiger partial charge in [0.1, 0.15) is 17.6 Å². The number of hydrogen-bond acceptors (Lipinski definition) is 3. The molecule has 1 aliphatic rings. The topological polar surface area (TPSA) is 30.5 Å². The smallest absolute Gasteiger partial charge is 0.124 e. The summed E-state index contributed by atoms with van der Waals surface area (Å²) in [5.74, 6) is 1.89. The Morgan fingerprint density at radius 2 is 2.29 bits per heavy atom. The number of hydrogen-bond donors (Lipinski definition) is 1. The van der Waals surface area contributed by atoms with E-state index in [1.54, 1.807) is 7.11 Å².